The molecule has 3 heterocycles. The summed E-state index contributed by atoms with van der Waals surface area (Å²) in [5.74, 6) is 2.38. The van der Waals surface area contributed by atoms with Crippen molar-refractivity contribution in [2.75, 3.05) is 31.1 Å². The highest BCUT2D eigenvalue weighted by Crippen LogP contribution is 2.18. The summed E-state index contributed by atoms with van der Waals surface area (Å²) >= 11 is 0. The van der Waals surface area contributed by atoms with E-state index in [9.17, 15) is 0 Å². The minimum atomic E-state index is 0.655. The number of rotatable bonds is 4. The van der Waals surface area contributed by atoms with Gasteiger partial charge in [0.2, 0.25) is 11.7 Å². The predicted octanol–water partition coefficient (Wildman–Crippen LogP) is 3.07. The van der Waals surface area contributed by atoms with Crippen molar-refractivity contribution in [1.82, 2.24) is 20.0 Å². The highest BCUT2D eigenvalue weighted by molar-refractivity contribution is 5.54. The summed E-state index contributed by atoms with van der Waals surface area (Å²) in [7, 11) is 0. The van der Waals surface area contributed by atoms with Gasteiger partial charge in [-0.2, -0.15) is 4.98 Å². The summed E-state index contributed by atoms with van der Waals surface area (Å²) in [6, 6.07) is 14.3. The average Bonchev–Trinajstić information content (AvgIpc) is 3.11. The number of anilines is 1. The lowest BCUT2D eigenvalue weighted by molar-refractivity contribution is 0.215. The highest BCUT2D eigenvalue weighted by atomic mass is 16.5. The molecule has 1 aliphatic heterocycles. The maximum absolute atomic E-state index is 5.45. The molecule has 0 unspecified atom stereocenters. The Labute approximate surface area is 153 Å². The van der Waals surface area contributed by atoms with Crippen molar-refractivity contribution >= 4 is 5.82 Å². The topological polar surface area (TPSA) is 58.3 Å². The number of aromatic nitrogens is 3. The molecule has 1 aliphatic rings. The third-order valence-corrected chi connectivity index (χ3v) is 4.71. The van der Waals surface area contributed by atoms with Crippen molar-refractivity contribution < 1.29 is 4.52 Å². The average molecular weight is 349 g/mol. The van der Waals surface area contributed by atoms with Crippen molar-refractivity contribution in [3.05, 3.63) is 59.6 Å². The first-order chi connectivity index (χ1) is 12.7. The fourth-order valence-electron chi connectivity index (χ4n) is 3.17. The van der Waals surface area contributed by atoms with Gasteiger partial charge in [0.25, 0.3) is 0 Å². The summed E-state index contributed by atoms with van der Waals surface area (Å²) in [5, 5.41) is 4.12. The molecule has 3 aromatic rings. The molecule has 134 valence electrons. The Morgan fingerprint density at radius 1 is 0.923 bits per heavy atom. The van der Waals surface area contributed by atoms with Crippen LogP contribution >= 0.6 is 0 Å². The SMILES string of the molecule is Cc1ccc(-c2noc(CN3CCN(c4cccc(C)n4)CC3)n2)cc1. The van der Waals surface area contributed by atoms with Crippen molar-refractivity contribution in [3.63, 3.8) is 0 Å². The van der Waals surface area contributed by atoms with Crippen molar-refractivity contribution in [2.45, 2.75) is 20.4 Å². The predicted molar refractivity (Wildman–Crippen MR) is 101 cm³/mol. The fourth-order valence-corrected chi connectivity index (χ4v) is 3.17. The van der Waals surface area contributed by atoms with Gasteiger partial charge >= 0.3 is 0 Å². The molecule has 2 aromatic heterocycles. The lowest BCUT2D eigenvalue weighted by atomic mass is 10.1. The molecule has 26 heavy (non-hydrogen) atoms. The van der Waals surface area contributed by atoms with E-state index in [1.54, 1.807) is 0 Å². The van der Waals surface area contributed by atoms with Crippen LogP contribution in [0.1, 0.15) is 17.1 Å². The molecule has 0 atom stereocenters. The molecule has 6 heteroatoms. The first-order valence-corrected chi connectivity index (χ1v) is 8.98. The van der Waals surface area contributed by atoms with Crippen molar-refractivity contribution in [3.8, 4) is 11.4 Å². The van der Waals surface area contributed by atoms with E-state index in [-0.39, 0.29) is 0 Å². The van der Waals surface area contributed by atoms with E-state index < -0.39 is 0 Å². The van der Waals surface area contributed by atoms with Crippen LogP contribution in [-0.4, -0.2) is 46.2 Å². The first-order valence-electron chi connectivity index (χ1n) is 8.98. The monoisotopic (exact) mass is 349 g/mol. The second kappa shape index (κ2) is 7.25. The Morgan fingerprint density at radius 3 is 2.42 bits per heavy atom. The molecular weight excluding hydrogens is 326 g/mol. The van der Waals surface area contributed by atoms with Gasteiger partial charge in [-0.15, -0.1) is 0 Å². The van der Waals surface area contributed by atoms with Gasteiger partial charge < -0.3 is 9.42 Å². The number of hydrogen-bond donors (Lipinski definition) is 0. The molecule has 0 saturated carbocycles. The molecule has 0 spiro atoms. The molecule has 6 nitrogen and oxygen atoms in total. The van der Waals surface area contributed by atoms with Gasteiger partial charge in [-0.3, -0.25) is 4.90 Å². The molecule has 0 amide bonds. The summed E-state index contributed by atoms with van der Waals surface area (Å²) in [4.78, 5) is 13.8. The molecule has 4 rings (SSSR count). The third-order valence-electron chi connectivity index (χ3n) is 4.71. The summed E-state index contributed by atoms with van der Waals surface area (Å²) in [6.07, 6.45) is 0. The number of hydrogen-bond acceptors (Lipinski definition) is 6. The third kappa shape index (κ3) is 3.75. The molecular formula is C20H23N5O. The highest BCUT2D eigenvalue weighted by Gasteiger charge is 2.20. The lowest BCUT2D eigenvalue weighted by Crippen LogP contribution is -2.46. The minimum absolute atomic E-state index is 0.655. The standard InChI is InChI=1S/C20H23N5O/c1-15-6-8-17(9-7-15)20-22-19(26-23-20)14-24-10-12-25(13-11-24)18-5-3-4-16(2)21-18/h3-9H,10-14H2,1-2H3. The fraction of sp³-hybridized carbons (Fsp3) is 0.350. The zero-order valence-electron chi connectivity index (χ0n) is 15.2. The van der Waals surface area contributed by atoms with Gasteiger partial charge in [-0.1, -0.05) is 41.1 Å². The Balaban J connectivity index is 1.35. The zero-order chi connectivity index (χ0) is 17.9. The van der Waals surface area contributed by atoms with Gasteiger partial charge in [0.05, 0.1) is 6.54 Å². The van der Waals surface area contributed by atoms with Crippen LogP contribution in [0.5, 0.6) is 0 Å². The maximum atomic E-state index is 5.45. The van der Waals surface area contributed by atoms with E-state index in [0.717, 1.165) is 43.3 Å². The molecule has 1 aromatic carbocycles. The second-order valence-corrected chi connectivity index (χ2v) is 6.78. The van der Waals surface area contributed by atoms with Crippen LogP contribution in [0.3, 0.4) is 0 Å². The Hall–Kier alpha value is -2.73. The lowest BCUT2D eigenvalue weighted by Gasteiger charge is -2.34. The van der Waals surface area contributed by atoms with Crippen LogP contribution in [0.4, 0.5) is 5.82 Å². The summed E-state index contributed by atoms with van der Waals surface area (Å²) in [5.41, 5.74) is 3.26. The Kier molecular flexibility index (Phi) is 4.67. The zero-order valence-corrected chi connectivity index (χ0v) is 15.2. The normalized spacial score (nSPS) is 15.4. The minimum Gasteiger partial charge on any atom is -0.354 e. The second-order valence-electron chi connectivity index (χ2n) is 6.78. The molecule has 0 radical (unpaired) electrons. The van der Waals surface area contributed by atoms with Crippen LogP contribution in [0.15, 0.2) is 47.0 Å². The maximum Gasteiger partial charge on any atom is 0.241 e. The number of nitrogens with zero attached hydrogens (tertiary/aromatic N) is 5. The van der Waals surface area contributed by atoms with Crippen molar-refractivity contribution in [2.24, 2.45) is 0 Å². The van der Waals surface area contributed by atoms with Crippen molar-refractivity contribution in [1.29, 1.82) is 0 Å². The molecule has 0 bridgehead atoms. The quantitative estimate of drug-likeness (QED) is 0.721. The molecule has 1 saturated heterocycles. The van der Waals surface area contributed by atoms with E-state index in [2.05, 4.69) is 56.1 Å². The van der Waals surface area contributed by atoms with Crippen LogP contribution < -0.4 is 4.90 Å². The molecule has 1 fully saturated rings. The van der Waals surface area contributed by atoms with Gasteiger partial charge in [-0.25, -0.2) is 4.98 Å². The number of aryl methyl sites for hydroxylation is 2. The number of piperazine rings is 1. The van der Waals surface area contributed by atoms with Crippen LogP contribution in [0.2, 0.25) is 0 Å². The number of pyridine rings is 1. The molecule has 0 aliphatic carbocycles. The van der Waals surface area contributed by atoms with Gasteiger partial charge in [0.15, 0.2) is 0 Å². The van der Waals surface area contributed by atoms with E-state index >= 15 is 0 Å². The van der Waals surface area contributed by atoms with E-state index in [1.165, 1.54) is 5.56 Å². The first kappa shape index (κ1) is 16.7. The summed E-state index contributed by atoms with van der Waals surface area (Å²) in [6.45, 7) is 8.60. The largest absolute Gasteiger partial charge is 0.354 e. The summed E-state index contributed by atoms with van der Waals surface area (Å²) < 4.78 is 5.45. The molecule has 0 N–H and O–H groups in total. The van der Waals surface area contributed by atoms with Crippen LogP contribution in [0, 0.1) is 13.8 Å². The Morgan fingerprint density at radius 2 is 1.69 bits per heavy atom. The van der Waals surface area contributed by atoms with E-state index in [0.29, 0.717) is 18.3 Å². The van der Waals surface area contributed by atoms with Crippen LogP contribution in [0.25, 0.3) is 11.4 Å². The van der Waals surface area contributed by atoms with E-state index in [4.69, 9.17) is 4.52 Å². The van der Waals surface area contributed by atoms with Gasteiger partial charge in [0, 0.05) is 37.4 Å². The van der Waals surface area contributed by atoms with Crippen LogP contribution in [-0.2, 0) is 6.54 Å². The Bertz CT molecular complexity index is 866. The van der Waals surface area contributed by atoms with Gasteiger partial charge in [-0.05, 0) is 26.0 Å². The number of benzene rings is 1. The smallest absolute Gasteiger partial charge is 0.241 e. The van der Waals surface area contributed by atoms with Gasteiger partial charge in [0.1, 0.15) is 5.82 Å². The van der Waals surface area contributed by atoms with E-state index in [1.807, 2.05) is 25.1 Å².